The molecule has 0 bridgehead atoms. The molecule has 0 aromatic heterocycles. The fourth-order valence-corrected chi connectivity index (χ4v) is 2.89. The molecule has 4 nitrogen and oxygen atoms in total. The smallest absolute Gasteiger partial charge is 0.224 e. The van der Waals surface area contributed by atoms with Gasteiger partial charge in [-0.05, 0) is 31.4 Å². The van der Waals surface area contributed by atoms with Gasteiger partial charge in [0.15, 0.2) is 0 Å². The summed E-state index contributed by atoms with van der Waals surface area (Å²) in [5, 5.41) is 12.7. The van der Waals surface area contributed by atoms with E-state index in [-0.39, 0.29) is 12.0 Å². The summed E-state index contributed by atoms with van der Waals surface area (Å²) in [6.45, 7) is 3.85. The minimum atomic E-state index is -0.184. The summed E-state index contributed by atoms with van der Waals surface area (Å²) in [4.78, 5) is 14.3. The van der Waals surface area contributed by atoms with Crippen LogP contribution in [-0.4, -0.2) is 30.2 Å². The molecule has 4 heteroatoms. The van der Waals surface area contributed by atoms with Crippen molar-refractivity contribution in [3.05, 3.63) is 24.3 Å². The Bertz CT molecular complexity index is 468. The Labute approximate surface area is 133 Å². The lowest BCUT2D eigenvalue weighted by molar-refractivity contribution is -0.116. The first-order chi connectivity index (χ1) is 10.7. The zero-order chi connectivity index (χ0) is 15.8. The first-order valence-corrected chi connectivity index (χ1v) is 8.52. The SMILES string of the molecule is CCCCCCC(=O)Nc1ccccc1N1CCC(O)CC1. The van der Waals surface area contributed by atoms with E-state index >= 15 is 0 Å². The van der Waals surface area contributed by atoms with Crippen molar-refractivity contribution in [1.29, 1.82) is 0 Å². The molecule has 0 spiro atoms. The third kappa shape index (κ3) is 5.02. The van der Waals surface area contributed by atoms with Crippen molar-refractivity contribution in [2.75, 3.05) is 23.3 Å². The van der Waals surface area contributed by atoms with Gasteiger partial charge in [0.2, 0.25) is 5.91 Å². The first kappa shape index (κ1) is 16.8. The molecule has 0 saturated carbocycles. The van der Waals surface area contributed by atoms with E-state index in [9.17, 15) is 9.90 Å². The Balaban J connectivity index is 1.92. The number of aliphatic hydroxyl groups excluding tert-OH is 1. The van der Waals surface area contributed by atoms with E-state index in [1.165, 1.54) is 12.8 Å². The van der Waals surface area contributed by atoms with Crippen molar-refractivity contribution in [1.82, 2.24) is 0 Å². The number of carbonyl (C=O) groups excluding carboxylic acids is 1. The molecule has 122 valence electrons. The van der Waals surface area contributed by atoms with Gasteiger partial charge in [0, 0.05) is 19.5 Å². The second-order valence-corrected chi connectivity index (χ2v) is 6.09. The number of aliphatic hydroxyl groups is 1. The molecule has 1 aromatic carbocycles. The highest BCUT2D eigenvalue weighted by atomic mass is 16.3. The van der Waals surface area contributed by atoms with Gasteiger partial charge in [-0.3, -0.25) is 4.79 Å². The minimum absolute atomic E-state index is 0.0978. The summed E-state index contributed by atoms with van der Waals surface area (Å²) in [6, 6.07) is 7.96. The van der Waals surface area contributed by atoms with Crippen LogP contribution in [-0.2, 0) is 4.79 Å². The second kappa shape index (κ2) is 8.79. The number of amides is 1. The molecule has 1 aliphatic rings. The number of anilines is 2. The van der Waals surface area contributed by atoms with Crippen LogP contribution in [0.1, 0.15) is 51.9 Å². The number of rotatable bonds is 7. The lowest BCUT2D eigenvalue weighted by Gasteiger charge is -2.32. The fraction of sp³-hybridized carbons (Fsp3) is 0.611. The number of nitrogens with zero attached hydrogens (tertiary/aromatic N) is 1. The van der Waals surface area contributed by atoms with Crippen molar-refractivity contribution >= 4 is 17.3 Å². The molecular weight excluding hydrogens is 276 g/mol. The van der Waals surface area contributed by atoms with E-state index in [1.54, 1.807) is 0 Å². The van der Waals surface area contributed by atoms with E-state index in [1.807, 2.05) is 24.3 Å². The highest BCUT2D eigenvalue weighted by molar-refractivity contribution is 5.94. The Hall–Kier alpha value is -1.55. The number of hydrogen-bond donors (Lipinski definition) is 2. The van der Waals surface area contributed by atoms with E-state index in [0.29, 0.717) is 6.42 Å². The minimum Gasteiger partial charge on any atom is -0.393 e. The van der Waals surface area contributed by atoms with Crippen LogP contribution in [0.4, 0.5) is 11.4 Å². The Kier molecular flexibility index (Phi) is 6.72. The summed E-state index contributed by atoms with van der Waals surface area (Å²) in [7, 11) is 0. The van der Waals surface area contributed by atoms with Crippen LogP contribution in [0, 0.1) is 0 Å². The molecular formula is C18H28N2O2. The van der Waals surface area contributed by atoms with Crippen molar-refractivity contribution in [2.45, 2.75) is 58.0 Å². The second-order valence-electron chi connectivity index (χ2n) is 6.09. The van der Waals surface area contributed by atoms with E-state index in [2.05, 4.69) is 17.1 Å². The summed E-state index contributed by atoms with van der Waals surface area (Å²) < 4.78 is 0. The molecule has 1 saturated heterocycles. The topological polar surface area (TPSA) is 52.6 Å². The van der Waals surface area contributed by atoms with Crippen molar-refractivity contribution in [3.8, 4) is 0 Å². The summed E-state index contributed by atoms with van der Waals surface area (Å²) in [5.74, 6) is 0.0978. The van der Waals surface area contributed by atoms with Gasteiger partial charge in [0.25, 0.3) is 0 Å². The molecule has 1 amide bonds. The van der Waals surface area contributed by atoms with Crippen LogP contribution in [0.2, 0.25) is 0 Å². The van der Waals surface area contributed by atoms with Crippen molar-refractivity contribution < 1.29 is 9.90 Å². The van der Waals surface area contributed by atoms with Gasteiger partial charge < -0.3 is 15.3 Å². The zero-order valence-corrected chi connectivity index (χ0v) is 13.6. The van der Waals surface area contributed by atoms with E-state index in [4.69, 9.17) is 0 Å². The zero-order valence-electron chi connectivity index (χ0n) is 13.6. The largest absolute Gasteiger partial charge is 0.393 e. The molecule has 0 radical (unpaired) electrons. The van der Waals surface area contributed by atoms with E-state index in [0.717, 1.165) is 50.1 Å². The maximum absolute atomic E-state index is 12.1. The van der Waals surface area contributed by atoms with Crippen LogP contribution in [0.5, 0.6) is 0 Å². The predicted octanol–water partition coefficient (Wildman–Crippen LogP) is 3.56. The van der Waals surface area contributed by atoms with Gasteiger partial charge in [-0.25, -0.2) is 0 Å². The number of hydrogen-bond acceptors (Lipinski definition) is 3. The van der Waals surface area contributed by atoms with Gasteiger partial charge in [-0.15, -0.1) is 0 Å². The average Bonchev–Trinajstić information content (AvgIpc) is 2.53. The Morgan fingerprint density at radius 1 is 1.23 bits per heavy atom. The summed E-state index contributed by atoms with van der Waals surface area (Å²) in [6.07, 6.45) is 6.45. The van der Waals surface area contributed by atoms with Gasteiger partial charge >= 0.3 is 0 Å². The lowest BCUT2D eigenvalue weighted by atomic mass is 10.1. The molecule has 0 aliphatic carbocycles. The molecule has 2 rings (SSSR count). The molecule has 1 aliphatic heterocycles. The number of benzene rings is 1. The highest BCUT2D eigenvalue weighted by Gasteiger charge is 2.19. The molecule has 1 heterocycles. The maximum Gasteiger partial charge on any atom is 0.224 e. The summed E-state index contributed by atoms with van der Waals surface area (Å²) >= 11 is 0. The van der Waals surface area contributed by atoms with Crippen LogP contribution in [0.25, 0.3) is 0 Å². The van der Waals surface area contributed by atoms with Crippen LogP contribution in [0.15, 0.2) is 24.3 Å². The molecule has 2 N–H and O–H groups in total. The Morgan fingerprint density at radius 2 is 1.95 bits per heavy atom. The number of piperidine rings is 1. The van der Waals surface area contributed by atoms with Crippen LogP contribution >= 0.6 is 0 Å². The lowest BCUT2D eigenvalue weighted by Crippen LogP contribution is -2.36. The monoisotopic (exact) mass is 304 g/mol. The molecule has 1 aromatic rings. The van der Waals surface area contributed by atoms with Gasteiger partial charge in [-0.2, -0.15) is 0 Å². The quantitative estimate of drug-likeness (QED) is 0.757. The third-order valence-electron chi connectivity index (χ3n) is 4.24. The van der Waals surface area contributed by atoms with E-state index < -0.39 is 0 Å². The summed E-state index contributed by atoms with van der Waals surface area (Å²) in [5.41, 5.74) is 1.95. The highest BCUT2D eigenvalue weighted by Crippen LogP contribution is 2.28. The van der Waals surface area contributed by atoms with Crippen LogP contribution < -0.4 is 10.2 Å². The normalized spacial score (nSPS) is 15.8. The van der Waals surface area contributed by atoms with Crippen LogP contribution in [0.3, 0.4) is 0 Å². The number of unbranched alkanes of at least 4 members (excludes halogenated alkanes) is 3. The standard InChI is InChI=1S/C18H28N2O2/c1-2-3-4-5-10-18(22)19-16-8-6-7-9-17(16)20-13-11-15(21)12-14-20/h6-9,15,21H,2-5,10-14H2,1H3,(H,19,22). The predicted molar refractivity (Wildman–Crippen MR) is 91.3 cm³/mol. The molecule has 0 unspecified atom stereocenters. The first-order valence-electron chi connectivity index (χ1n) is 8.52. The molecule has 22 heavy (non-hydrogen) atoms. The fourth-order valence-electron chi connectivity index (χ4n) is 2.89. The molecule has 0 atom stereocenters. The molecule has 1 fully saturated rings. The maximum atomic E-state index is 12.1. The van der Waals surface area contributed by atoms with Crippen molar-refractivity contribution in [3.63, 3.8) is 0 Å². The number of para-hydroxylation sites is 2. The third-order valence-corrected chi connectivity index (χ3v) is 4.24. The average molecular weight is 304 g/mol. The Morgan fingerprint density at radius 3 is 2.68 bits per heavy atom. The van der Waals surface area contributed by atoms with Gasteiger partial charge in [0.05, 0.1) is 17.5 Å². The number of nitrogens with one attached hydrogen (secondary N) is 1. The van der Waals surface area contributed by atoms with Gasteiger partial charge in [0.1, 0.15) is 0 Å². The van der Waals surface area contributed by atoms with Gasteiger partial charge in [-0.1, -0.05) is 38.3 Å². The number of carbonyl (C=O) groups is 1. The van der Waals surface area contributed by atoms with Crippen molar-refractivity contribution in [2.24, 2.45) is 0 Å².